The first-order chi connectivity index (χ1) is 8.71. The summed E-state index contributed by atoms with van der Waals surface area (Å²) >= 11 is 5.93. The Morgan fingerprint density at radius 3 is 2.39 bits per heavy atom. The molecule has 0 saturated heterocycles. The molecule has 4 heteroatoms. The van der Waals surface area contributed by atoms with Gasteiger partial charge in [0.25, 0.3) is 0 Å². The Morgan fingerprint density at radius 1 is 1.11 bits per heavy atom. The fourth-order valence-corrected chi connectivity index (χ4v) is 2.25. The van der Waals surface area contributed by atoms with Crippen LogP contribution in [0.5, 0.6) is 0 Å². The van der Waals surface area contributed by atoms with Crippen molar-refractivity contribution in [1.29, 1.82) is 0 Å². The van der Waals surface area contributed by atoms with E-state index in [9.17, 15) is 0 Å². The Hall–Kier alpha value is -0.800. The number of aromatic nitrogens is 1. The fourth-order valence-electron chi connectivity index (χ4n) is 2.08. The summed E-state index contributed by atoms with van der Waals surface area (Å²) in [7, 11) is 0. The minimum absolute atomic E-state index is 0.565. The third kappa shape index (κ3) is 4.83. The Labute approximate surface area is 116 Å². The van der Waals surface area contributed by atoms with Crippen molar-refractivity contribution in [3.05, 3.63) is 23.5 Å². The summed E-state index contributed by atoms with van der Waals surface area (Å²) in [6.45, 7) is 12.1. The second-order valence-electron chi connectivity index (χ2n) is 4.30. The van der Waals surface area contributed by atoms with E-state index in [1.54, 1.807) is 6.20 Å². The third-order valence-corrected chi connectivity index (χ3v) is 3.46. The predicted octanol–water partition coefficient (Wildman–Crippen LogP) is 3.29. The minimum Gasteiger partial charge on any atom is -0.372 e. The van der Waals surface area contributed by atoms with E-state index in [1.165, 1.54) is 6.42 Å². The highest BCUT2D eigenvalue weighted by Crippen LogP contribution is 2.17. The van der Waals surface area contributed by atoms with Crippen molar-refractivity contribution in [1.82, 2.24) is 9.88 Å². The van der Waals surface area contributed by atoms with Gasteiger partial charge in [0, 0.05) is 25.0 Å². The lowest BCUT2D eigenvalue weighted by Gasteiger charge is -2.25. The van der Waals surface area contributed by atoms with Gasteiger partial charge in [0.05, 0.1) is 0 Å². The largest absolute Gasteiger partial charge is 0.372 e. The molecule has 0 aliphatic carbocycles. The molecule has 1 aromatic rings. The number of hydrogen-bond donors (Lipinski definition) is 0. The fraction of sp³-hybridized carbons (Fsp3) is 0.643. The molecule has 0 amide bonds. The maximum absolute atomic E-state index is 5.93. The van der Waals surface area contributed by atoms with Gasteiger partial charge in [-0.2, -0.15) is 0 Å². The third-order valence-electron chi connectivity index (χ3n) is 3.25. The molecule has 3 nitrogen and oxygen atoms in total. The first-order valence-electron chi connectivity index (χ1n) is 6.80. The van der Waals surface area contributed by atoms with Gasteiger partial charge in [-0.3, -0.25) is 0 Å². The second kappa shape index (κ2) is 8.33. The summed E-state index contributed by atoms with van der Waals surface area (Å²) in [5.74, 6) is 0. The first kappa shape index (κ1) is 15.3. The molecule has 1 aromatic heterocycles. The summed E-state index contributed by atoms with van der Waals surface area (Å²) in [6, 6.07) is 3.95. The summed E-state index contributed by atoms with van der Waals surface area (Å²) in [5.41, 5.74) is 1.16. The van der Waals surface area contributed by atoms with E-state index in [0.717, 1.165) is 38.4 Å². The molecule has 0 aliphatic heterocycles. The van der Waals surface area contributed by atoms with Gasteiger partial charge in [-0.15, -0.1) is 0 Å². The van der Waals surface area contributed by atoms with Crippen LogP contribution in [0, 0.1) is 0 Å². The molecule has 1 rings (SSSR count). The normalized spacial score (nSPS) is 10.9. The van der Waals surface area contributed by atoms with Crippen LogP contribution >= 0.6 is 11.6 Å². The van der Waals surface area contributed by atoms with Crippen molar-refractivity contribution in [3.8, 4) is 0 Å². The molecule has 0 atom stereocenters. The number of pyridine rings is 1. The summed E-state index contributed by atoms with van der Waals surface area (Å²) in [5, 5.41) is 0.565. The molecule has 0 bridgehead atoms. The summed E-state index contributed by atoms with van der Waals surface area (Å²) in [4.78, 5) is 8.82. The van der Waals surface area contributed by atoms with Crippen molar-refractivity contribution >= 4 is 17.3 Å². The highest BCUT2D eigenvalue weighted by molar-refractivity contribution is 6.29. The minimum atomic E-state index is 0.565. The van der Waals surface area contributed by atoms with Crippen LogP contribution in [0.2, 0.25) is 5.15 Å². The van der Waals surface area contributed by atoms with Gasteiger partial charge in [0.1, 0.15) is 5.15 Å². The molecule has 0 spiro atoms. The molecule has 0 radical (unpaired) electrons. The molecule has 0 aliphatic rings. The monoisotopic (exact) mass is 269 g/mol. The van der Waals surface area contributed by atoms with Crippen LogP contribution in [-0.2, 0) is 0 Å². The van der Waals surface area contributed by atoms with Crippen LogP contribution in [0.4, 0.5) is 5.69 Å². The van der Waals surface area contributed by atoms with Crippen molar-refractivity contribution in [3.63, 3.8) is 0 Å². The lowest BCUT2D eigenvalue weighted by molar-refractivity contribution is 0.301. The van der Waals surface area contributed by atoms with Gasteiger partial charge in [0.2, 0.25) is 0 Å². The van der Waals surface area contributed by atoms with Gasteiger partial charge in [-0.05, 0) is 45.1 Å². The van der Waals surface area contributed by atoms with Crippen LogP contribution < -0.4 is 4.90 Å². The van der Waals surface area contributed by atoms with Crippen LogP contribution in [0.25, 0.3) is 0 Å². The van der Waals surface area contributed by atoms with E-state index >= 15 is 0 Å². The Kier molecular flexibility index (Phi) is 7.06. The van der Waals surface area contributed by atoms with Gasteiger partial charge in [-0.25, -0.2) is 4.98 Å². The molecule has 0 fully saturated rings. The van der Waals surface area contributed by atoms with Gasteiger partial charge in [0.15, 0.2) is 0 Å². The molecule has 0 saturated carbocycles. The Balaban J connectivity index is 2.47. The van der Waals surface area contributed by atoms with Crippen LogP contribution in [0.1, 0.15) is 27.2 Å². The number of nitrogens with zero attached hydrogens (tertiary/aromatic N) is 3. The molecular formula is C14H24ClN3. The summed E-state index contributed by atoms with van der Waals surface area (Å²) in [6.07, 6.45) is 2.94. The number of hydrogen-bond acceptors (Lipinski definition) is 3. The SMILES string of the molecule is CCN(CC)CCCN(CC)c1ccnc(Cl)c1. The van der Waals surface area contributed by atoms with Crippen molar-refractivity contribution in [2.45, 2.75) is 27.2 Å². The van der Waals surface area contributed by atoms with E-state index in [4.69, 9.17) is 11.6 Å². The second-order valence-corrected chi connectivity index (χ2v) is 4.68. The van der Waals surface area contributed by atoms with E-state index < -0.39 is 0 Å². The average Bonchev–Trinajstić information content (AvgIpc) is 2.39. The predicted molar refractivity (Wildman–Crippen MR) is 79.5 cm³/mol. The highest BCUT2D eigenvalue weighted by Gasteiger charge is 2.06. The van der Waals surface area contributed by atoms with Crippen molar-refractivity contribution in [2.24, 2.45) is 0 Å². The number of rotatable bonds is 8. The van der Waals surface area contributed by atoms with E-state index in [1.807, 2.05) is 12.1 Å². The Morgan fingerprint density at radius 2 is 1.83 bits per heavy atom. The average molecular weight is 270 g/mol. The smallest absolute Gasteiger partial charge is 0.131 e. The van der Waals surface area contributed by atoms with E-state index in [-0.39, 0.29) is 0 Å². The van der Waals surface area contributed by atoms with E-state index in [0.29, 0.717) is 5.15 Å². The van der Waals surface area contributed by atoms with Gasteiger partial charge >= 0.3 is 0 Å². The van der Waals surface area contributed by atoms with Crippen molar-refractivity contribution in [2.75, 3.05) is 37.6 Å². The molecule has 1 heterocycles. The molecule has 0 unspecified atom stereocenters. The zero-order valence-electron chi connectivity index (χ0n) is 11.7. The maximum atomic E-state index is 5.93. The summed E-state index contributed by atoms with van der Waals surface area (Å²) < 4.78 is 0. The highest BCUT2D eigenvalue weighted by atomic mass is 35.5. The lowest BCUT2D eigenvalue weighted by atomic mass is 10.3. The first-order valence-corrected chi connectivity index (χ1v) is 7.17. The molecular weight excluding hydrogens is 246 g/mol. The van der Waals surface area contributed by atoms with Gasteiger partial charge in [-0.1, -0.05) is 25.4 Å². The van der Waals surface area contributed by atoms with Crippen LogP contribution in [0.15, 0.2) is 18.3 Å². The number of anilines is 1. The van der Waals surface area contributed by atoms with Gasteiger partial charge < -0.3 is 9.80 Å². The van der Waals surface area contributed by atoms with Crippen LogP contribution in [-0.4, -0.2) is 42.6 Å². The zero-order valence-corrected chi connectivity index (χ0v) is 12.5. The topological polar surface area (TPSA) is 19.4 Å². The quantitative estimate of drug-likeness (QED) is 0.675. The standard InChI is InChI=1S/C14H24ClN3/c1-4-17(5-2)10-7-11-18(6-3)13-8-9-16-14(15)12-13/h8-9,12H,4-7,10-11H2,1-3H3. The maximum Gasteiger partial charge on any atom is 0.131 e. The molecule has 0 N–H and O–H groups in total. The molecule has 102 valence electrons. The molecule has 18 heavy (non-hydrogen) atoms. The van der Waals surface area contributed by atoms with E-state index in [2.05, 4.69) is 35.6 Å². The lowest BCUT2D eigenvalue weighted by Crippen LogP contribution is -2.30. The zero-order chi connectivity index (χ0) is 13.4. The van der Waals surface area contributed by atoms with Crippen LogP contribution in [0.3, 0.4) is 0 Å². The Bertz CT molecular complexity index is 340. The van der Waals surface area contributed by atoms with Crippen molar-refractivity contribution < 1.29 is 0 Å². The number of halogens is 1. The molecule has 0 aromatic carbocycles.